The molecule has 3 N–H and O–H groups in total. The molecule has 3 nitrogen and oxygen atoms in total. The third-order valence-corrected chi connectivity index (χ3v) is 5.13. The molecule has 0 aromatic rings. The van der Waals surface area contributed by atoms with Crippen LogP contribution in [-0.2, 0) is 4.79 Å². The zero-order valence-corrected chi connectivity index (χ0v) is 10.3. The first-order valence-electron chi connectivity index (χ1n) is 6.25. The van der Waals surface area contributed by atoms with Crippen LogP contribution < -0.4 is 10.8 Å². The van der Waals surface area contributed by atoms with Crippen LogP contribution in [0, 0.1) is 16.2 Å². The van der Waals surface area contributed by atoms with Crippen LogP contribution in [0.15, 0.2) is 0 Å². The van der Waals surface area contributed by atoms with Gasteiger partial charge in [-0.15, -0.1) is 0 Å². The maximum atomic E-state index is 11.5. The van der Waals surface area contributed by atoms with E-state index >= 15 is 0 Å². The zero-order chi connectivity index (χ0) is 11.8. The highest BCUT2D eigenvalue weighted by molar-refractivity contribution is 5.73. The fourth-order valence-corrected chi connectivity index (χ4v) is 6.16. The van der Waals surface area contributed by atoms with Gasteiger partial charge in [-0.3, -0.25) is 0 Å². The number of carboxylic acid groups (broad SMARTS) is 1. The number of carbonyl (C=O) groups excluding carboxylic acids is 1. The molecule has 4 aliphatic rings. The fourth-order valence-electron chi connectivity index (χ4n) is 6.16. The third kappa shape index (κ3) is 1.21. The largest absolute Gasteiger partial charge is 0.550 e. The summed E-state index contributed by atoms with van der Waals surface area (Å²) in [6, 6.07) is 0. The highest BCUT2D eigenvalue weighted by Crippen LogP contribution is 2.69. The number of rotatable bonds is 1. The summed E-state index contributed by atoms with van der Waals surface area (Å²) in [5, 5.41) is 11.5. The van der Waals surface area contributed by atoms with Crippen molar-refractivity contribution in [1.82, 2.24) is 0 Å². The van der Waals surface area contributed by atoms with Crippen molar-refractivity contribution >= 4 is 5.97 Å². The van der Waals surface area contributed by atoms with Crippen LogP contribution in [0.3, 0.4) is 0 Å². The van der Waals surface area contributed by atoms with Gasteiger partial charge >= 0.3 is 0 Å². The Bertz CT molecular complexity index is 323. The van der Waals surface area contributed by atoms with E-state index in [1.54, 1.807) is 0 Å². The lowest BCUT2D eigenvalue weighted by atomic mass is 9.38. The fraction of sp³-hybridized carbons (Fsp3) is 0.923. The highest BCUT2D eigenvalue weighted by Gasteiger charge is 2.66. The summed E-state index contributed by atoms with van der Waals surface area (Å²) in [5.41, 5.74) is 4.16. The van der Waals surface area contributed by atoms with Crippen molar-refractivity contribution in [3.63, 3.8) is 0 Å². The molecule has 2 unspecified atom stereocenters. The van der Waals surface area contributed by atoms with Gasteiger partial charge in [-0.1, -0.05) is 13.8 Å². The van der Waals surface area contributed by atoms with Crippen LogP contribution in [0.2, 0.25) is 0 Å². The SMILES string of the molecule is C[C@]12CC3([NH3+])CC(C(=O)[O-])(C1)C[C@@](C)(C3)C2. The van der Waals surface area contributed by atoms with Gasteiger partial charge in [-0.05, 0) is 30.1 Å². The van der Waals surface area contributed by atoms with Crippen molar-refractivity contribution in [2.45, 2.75) is 57.9 Å². The molecular formula is C13H21NO2. The Balaban J connectivity index is 2.11. The number of carboxylic acids is 1. The van der Waals surface area contributed by atoms with E-state index < -0.39 is 11.4 Å². The second kappa shape index (κ2) is 2.47. The van der Waals surface area contributed by atoms with Crippen molar-refractivity contribution in [1.29, 1.82) is 0 Å². The van der Waals surface area contributed by atoms with Gasteiger partial charge in [0.15, 0.2) is 0 Å². The van der Waals surface area contributed by atoms with E-state index in [4.69, 9.17) is 0 Å². The Morgan fingerprint density at radius 2 is 1.50 bits per heavy atom. The van der Waals surface area contributed by atoms with Gasteiger partial charge in [0, 0.05) is 30.6 Å². The Morgan fingerprint density at radius 1 is 1.00 bits per heavy atom. The molecule has 0 aromatic carbocycles. The second-order valence-electron chi connectivity index (χ2n) is 7.75. The zero-order valence-electron chi connectivity index (χ0n) is 10.3. The Morgan fingerprint density at radius 3 is 1.88 bits per heavy atom. The lowest BCUT2D eigenvalue weighted by Gasteiger charge is -2.67. The minimum absolute atomic E-state index is 0.00167. The third-order valence-electron chi connectivity index (χ3n) is 5.13. The van der Waals surface area contributed by atoms with Gasteiger partial charge in [-0.25, -0.2) is 0 Å². The molecule has 4 bridgehead atoms. The quantitative estimate of drug-likeness (QED) is 0.685. The second-order valence-corrected chi connectivity index (χ2v) is 7.75. The van der Waals surface area contributed by atoms with Gasteiger partial charge in [0.05, 0.1) is 5.54 Å². The van der Waals surface area contributed by atoms with E-state index in [2.05, 4.69) is 19.6 Å². The van der Waals surface area contributed by atoms with E-state index in [0.717, 1.165) is 32.1 Å². The van der Waals surface area contributed by atoms with E-state index in [-0.39, 0.29) is 16.4 Å². The minimum atomic E-state index is -0.822. The van der Waals surface area contributed by atoms with Crippen molar-refractivity contribution in [3.05, 3.63) is 0 Å². The maximum absolute atomic E-state index is 11.5. The average molecular weight is 223 g/mol. The van der Waals surface area contributed by atoms with E-state index in [0.29, 0.717) is 0 Å². The van der Waals surface area contributed by atoms with Crippen LogP contribution in [0.25, 0.3) is 0 Å². The van der Waals surface area contributed by atoms with E-state index in [1.807, 2.05) is 0 Å². The molecule has 4 rings (SSSR count). The summed E-state index contributed by atoms with van der Waals surface area (Å²) >= 11 is 0. The monoisotopic (exact) mass is 223 g/mol. The van der Waals surface area contributed by atoms with Gasteiger partial charge in [-0.2, -0.15) is 0 Å². The number of hydrogen-bond donors (Lipinski definition) is 1. The standard InChI is InChI=1S/C13H21NO2/c1-10-3-11(2)5-12(4-10,9(15)16)8-13(14,6-10)7-11/h3-8,14H2,1-2H3,(H,15,16)/t10-,11+,12?,13?. The van der Waals surface area contributed by atoms with E-state index in [1.165, 1.54) is 6.42 Å². The molecular weight excluding hydrogens is 202 g/mol. The van der Waals surface area contributed by atoms with Crippen LogP contribution in [0.4, 0.5) is 0 Å². The van der Waals surface area contributed by atoms with Gasteiger partial charge in [0.1, 0.15) is 0 Å². The molecule has 0 radical (unpaired) electrons. The van der Waals surface area contributed by atoms with Crippen molar-refractivity contribution in [3.8, 4) is 0 Å². The predicted octanol–water partition coefficient (Wildman–Crippen LogP) is 0.0974. The van der Waals surface area contributed by atoms with Crippen molar-refractivity contribution in [2.24, 2.45) is 16.2 Å². The van der Waals surface area contributed by atoms with Gasteiger partial charge in [0.25, 0.3) is 0 Å². The molecule has 0 spiro atoms. The summed E-state index contributed by atoms with van der Waals surface area (Å²) < 4.78 is 0. The first-order valence-corrected chi connectivity index (χ1v) is 6.25. The molecule has 4 saturated carbocycles. The summed E-state index contributed by atoms with van der Waals surface area (Å²) in [6.07, 6.45) is 5.75. The smallest absolute Gasteiger partial charge is 0.0965 e. The molecule has 0 saturated heterocycles. The average Bonchev–Trinajstić information content (AvgIpc) is 1.92. The predicted molar refractivity (Wildman–Crippen MR) is 57.0 cm³/mol. The Labute approximate surface area is 96.4 Å². The topological polar surface area (TPSA) is 67.8 Å². The van der Waals surface area contributed by atoms with Gasteiger partial charge in [0.2, 0.25) is 0 Å². The van der Waals surface area contributed by atoms with E-state index in [9.17, 15) is 9.90 Å². The summed E-state index contributed by atoms with van der Waals surface area (Å²) in [6.45, 7) is 4.50. The Hall–Kier alpha value is -0.570. The lowest BCUT2D eigenvalue weighted by molar-refractivity contribution is -0.521. The highest BCUT2D eigenvalue weighted by atomic mass is 16.4. The first kappa shape index (κ1) is 10.6. The summed E-state index contributed by atoms with van der Waals surface area (Å²) in [4.78, 5) is 11.5. The maximum Gasteiger partial charge on any atom is 0.0965 e. The van der Waals surface area contributed by atoms with Crippen LogP contribution >= 0.6 is 0 Å². The molecule has 4 atom stereocenters. The van der Waals surface area contributed by atoms with Crippen LogP contribution in [0.5, 0.6) is 0 Å². The normalized spacial score (nSPS) is 58.9. The number of carbonyl (C=O) groups is 1. The molecule has 0 amide bonds. The molecule has 16 heavy (non-hydrogen) atoms. The van der Waals surface area contributed by atoms with Crippen LogP contribution in [-0.4, -0.2) is 11.5 Å². The number of quaternary nitrogens is 1. The minimum Gasteiger partial charge on any atom is -0.550 e. The van der Waals surface area contributed by atoms with Crippen molar-refractivity contribution in [2.75, 3.05) is 0 Å². The Kier molecular flexibility index (Phi) is 1.64. The first-order chi connectivity index (χ1) is 7.19. The number of aliphatic carboxylic acids is 1. The van der Waals surface area contributed by atoms with Gasteiger partial charge < -0.3 is 15.6 Å². The molecule has 0 aromatic heterocycles. The summed E-state index contributed by atoms with van der Waals surface area (Å²) in [5.74, 6) is -0.822. The number of hydrogen-bond acceptors (Lipinski definition) is 2. The molecule has 90 valence electrons. The molecule has 0 heterocycles. The van der Waals surface area contributed by atoms with Crippen molar-refractivity contribution < 1.29 is 15.6 Å². The van der Waals surface area contributed by atoms with Crippen LogP contribution in [0.1, 0.15) is 52.4 Å². The molecule has 3 heteroatoms. The molecule has 0 aliphatic heterocycles. The summed E-state index contributed by atoms with van der Waals surface area (Å²) in [7, 11) is 0. The molecule has 4 fully saturated rings. The lowest BCUT2D eigenvalue weighted by Crippen LogP contribution is -2.83. The molecule has 4 aliphatic carbocycles.